The number of aryl methyl sites for hydroxylation is 1. The molecule has 1 atom stereocenters. The highest BCUT2D eigenvalue weighted by Gasteiger charge is 2.34. The first-order valence-electron chi connectivity index (χ1n) is 10.1. The van der Waals surface area contributed by atoms with Gasteiger partial charge in [0.25, 0.3) is 0 Å². The summed E-state index contributed by atoms with van der Waals surface area (Å²) in [6, 6.07) is 9.46. The molecule has 0 spiro atoms. The van der Waals surface area contributed by atoms with Crippen molar-refractivity contribution in [2.75, 3.05) is 19.1 Å². The Morgan fingerprint density at radius 2 is 1.71 bits per heavy atom. The Bertz CT molecular complexity index is 1130. The Balaban J connectivity index is 1.67. The summed E-state index contributed by atoms with van der Waals surface area (Å²) in [6.07, 6.45) is 2.57. The number of benzene rings is 2. The molecule has 1 N–H and O–H groups in total. The number of carbonyl (C=O) groups is 2. The summed E-state index contributed by atoms with van der Waals surface area (Å²) in [5.41, 5.74) is 2.13. The topological polar surface area (TPSA) is 102 Å². The minimum absolute atomic E-state index is 0.0311. The molecule has 1 fully saturated rings. The van der Waals surface area contributed by atoms with Crippen molar-refractivity contribution in [3.8, 4) is 11.5 Å². The smallest absolute Gasteiger partial charge is 0.241 e. The maximum absolute atomic E-state index is 13.2. The Kier molecular flexibility index (Phi) is 5.72. The standard InChI is InChI=1S/C22H24N2O6S/c1-29-15-6-8-17-14(12-15)4-3-5-18(17)23-31(27,28)16-7-9-20(30-2)19(13-16)24-21(25)10-11-22(24)26/h6-9,12-13,18,23H,3-5,10-11H2,1-2H3/t18-/m1/s1. The summed E-state index contributed by atoms with van der Waals surface area (Å²) < 4.78 is 39.7. The average molecular weight is 445 g/mol. The maximum Gasteiger partial charge on any atom is 0.241 e. The van der Waals surface area contributed by atoms with Crippen LogP contribution < -0.4 is 19.1 Å². The van der Waals surface area contributed by atoms with Gasteiger partial charge in [-0.1, -0.05) is 6.07 Å². The van der Waals surface area contributed by atoms with Gasteiger partial charge < -0.3 is 9.47 Å². The van der Waals surface area contributed by atoms with E-state index >= 15 is 0 Å². The van der Waals surface area contributed by atoms with Crippen LogP contribution in [0.4, 0.5) is 5.69 Å². The molecule has 0 bridgehead atoms. The molecule has 2 aromatic rings. The van der Waals surface area contributed by atoms with E-state index in [4.69, 9.17) is 9.47 Å². The number of methoxy groups -OCH3 is 2. The molecule has 31 heavy (non-hydrogen) atoms. The summed E-state index contributed by atoms with van der Waals surface area (Å²) in [7, 11) is -0.911. The van der Waals surface area contributed by atoms with Gasteiger partial charge in [-0.3, -0.25) is 9.59 Å². The molecule has 2 aliphatic rings. The van der Waals surface area contributed by atoms with Crippen molar-refractivity contribution in [3.63, 3.8) is 0 Å². The maximum atomic E-state index is 13.2. The van der Waals surface area contributed by atoms with E-state index in [1.54, 1.807) is 7.11 Å². The molecule has 1 aliphatic heterocycles. The zero-order valence-electron chi connectivity index (χ0n) is 17.4. The van der Waals surface area contributed by atoms with Crippen molar-refractivity contribution in [1.82, 2.24) is 4.72 Å². The van der Waals surface area contributed by atoms with Crippen LogP contribution in [0, 0.1) is 0 Å². The number of rotatable bonds is 6. The van der Waals surface area contributed by atoms with E-state index in [0.717, 1.165) is 34.6 Å². The molecule has 0 saturated carbocycles. The molecule has 0 radical (unpaired) electrons. The number of ether oxygens (including phenoxy) is 2. The highest BCUT2D eigenvalue weighted by Crippen LogP contribution is 2.36. The van der Waals surface area contributed by atoms with Crippen LogP contribution >= 0.6 is 0 Å². The summed E-state index contributed by atoms with van der Waals surface area (Å²) in [5, 5.41) is 0. The van der Waals surface area contributed by atoms with E-state index in [1.807, 2.05) is 18.2 Å². The highest BCUT2D eigenvalue weighted by atomic mass is 32.2. The van der Waals surface area contributed by atoms with Gasteiger partial charge in [0.1, 0.15) is 11.5 Å². The van der Waals surface area contributed by atoms with Gasteiger partial charge in [-0.15, -0.1) is 0 Å². The fraction of sp³-hybridized carbons (Fsp3) is 0.364. The Morgan fingerprint density at radius 3 is 2.39 bits per heavy atom. The minimum Gasteiger partial charge on any atom is -0.497 e. The number of imide groups is 1. The summed E-state index contributed by atoms with van der Waals surface area (Å²) in [4.78, 5) is 25.4. The summed E-state index contributed by atoms with van der Waals surface area (Å²) >= 11 is 0. The van der Waals surface area contributed by atoms with Gasteiger partial charge in [0, 0.05) is 18.9 Å². The number of amides is 2. The largest absolute Gasteiger partial charge is 0.497 e. The molecule has 9 heteroatoms. The van der Waals surface area contributed by atoms with E-state index < -0.39 is 10.0 Å². The molecule has 2 amide bonds. The van der Waals surface area contributed by atoms with Gasteiger partial charge in [-0.2, -0.15) is 0 Å². The third-order valence-electron chi connectivity index (χ3n) is 5.71. The van der Waals surface area contributed by atoms with Crippen molar-refractivity contribution in [2.24, 2.45) is 0 Å². The Labute approximate surface area is 181 Å². The number of carbonyl (C=O) groups excluding carboxylic acids is 2. The zero-order chi connectivity index (χ0) is 22.2. The molecule has 1 heterocycles. The molecule has 1 saturated heterocycles. The number of nitrogens with one attached hydrogen (secondary N) is 1. The first-order valence-corrected chi connectivity index (χ1v) is 11.6. The van der Waals surface area contributed by atoms with Crippen LogP contribution in [-0.2, 0) is 26.0 Å². The normalized spacial score (nSPS) is 18.8. The second-order valence-electron chi connectivity index (χ2n) is 7.59. The molecule has 2 aromatic carbocycles. The number of sulfonamides is 1. The molecular weight excluding hydrogens is 420 g/mol. The summed E-state index contributed by atoms with van der Waals surface area (Å²) in [6.45, 7) is 0. The van der Waals surface area contributed by atoms with Crippen molar-refractivity contribution in [1.29, 1.82) is 0 Å². The summed E-state index contributed by atoms with van der Waals surface area (Å²) in [5.74, 6) is 0.251. The number of hydrogen-bond donors (Lipinski definition) is 1. The predicted molar refractivity (Wildman–Crippen MR) is 114 cm³/mol. The Hall–Kier alpha value is -2.91. The third kappa shape index (κ3) is 4.03. The van der Waals surface area contributed by atoms with Crippen molar-refractivity contribution < 1.29 is 27.5 Å². The van der Waals surface area contributed by atoms with Gasteiger partial charge in [-0.25, -0.2) is 18.0 Å². The van der Waals surface area contributed by atoms with Crippen LogP contribution in [-0.4, -0.2) is 34.5 Å². The third-order valence-corrected chi connectivity index (χ3v) is 7.18. The Morgan fingerprint density at radius 1 is 0.968 bits per heavy atom. The van der Waals surface area contributed by atoms with Gasteiger partial charge in [0.05, 0.1) is 24.8 Å². The molecular formula is C22H24N2O6S. The van der Waals surface area contributed by atoms with Crippen LogP contribution in [0.1, 0.15) is 42.9 Å². The first-order chi connectivity index (χ1) is 14.8. The van der Waals surface area contributed by atoms with Crippen LogP contribution in [0.2, 0.25) is 0 Å². The quantitative estimate of drug-likeness (QED) is 0.688. The van der Waals surface area contributed by atoms with Gasteiger partial charge in [0.2, 0.25) is 21.8 Å². The lowest BCUT2D eigenvalue weighted by Crippen LogP contribution is -2.32. The average Bonchev–Trinajstić information content (AvgIpc) is 3.10. The van der Waals surface area contributed by atoms with Crippen molar-refractivity contribution in [2.45, 2.75) is 43.0 Å². The first kappa shape index (κ1) is 21.3. The minimum atomic E-state index is -3.92. The van der Waals surface area contributed by atoms with Crippen molar-refractivity contribution in [3.05, 3.63) is 47.5 Å². The van der Waals surface area contributed by atoms with Gasteiger partial charge in [0.15, 0.2) is 0 Å². The molecule has 8 nitrogen and oxygen atoms in total. The van der Waals surface area contributed by atoms with Crippen LogP contribution in [0.15, 0.2) is 41.3 Å². The second-order valence-corrected chi connectivity index (χ2v) is 9.30. The van der Waals surface area contributed by atoms with Gasteiger partial charge in [-0.05, 0) is 60.7 Å². The van der Waals surface area contributed by atoms with E-state index in [9.17, 15) is 18.0 Å². The number of fused-ring (bicyclic) bond motifs is 1. The predicted octanol–water partition coefficient (Wildman–Crippen LogP) is 2.71. The SMILES string of the molecule is COc1ccc2c(c1)CCC[C@H]2NS(=O)(=O)c1ccc(OC)c(N2C(=O)CCC2=O)c1. The number of nitrogens with zero attached hydrogens (tertiary/aromatic N) is 1. The monoisotopic (exact) mass is 444 g/mol. The van der Waals surface area contributed by atoms with E-state index in [-0.39, 0.29) is 47.0 Å². The molecule has 0 aromatic heterocycles. The van der Waals surface area contributed by atoms with Crippen LogP contribution in [0.25, 0.3) is 0 Å². The number of anilines is 1. The lowest BCUT2D eigenvalue weighted by atomic mass is 9.88. The van der Waals surface area contributed by atoms with Gasteiger partial charge >= 0.3 is 0 Å². The molecule has 1 aliphatic carbocycles. The van der Waals surface area contributed by atoms with E-state index in [2.05, 4.69) is 4.72 Å². The van der Waals surface area contributed by atoms with E-state index in [0.29, 0.717) is 6.42 Å². The fourth-order valence-electron chi connectivity index (χ4n) is 4.15. The molecule has 0 unspecified atom stereocenters. The molecule has 4 rings (SSSR count). The van der Waals surface area contributed by atoms with Crippen molar-refractivity contribution >= 4 is 27.5 Å². The fourth-order valence-corrected chi connectivity index (χ4v) is 5.42. The molecule has 164 valence electrons. The zero-order valence-corrected chi connectivity index (χ0v) is 18.2. The lowest BCUT2D eigenvalue weighted by Gasteiger charge is -2.27. The van der Waals surface area contributed by atoms with Crippen LogP contribution in [0.3, 0.4) is 0 Å². The number of hydrogen-bond acceptors (Lipinski definition) is 6. The lowest BCUT2D eigenvalue weighted by molar-refractivity contribution is -0.121. The highest BCUT2D eigenvalue weighted by molar-refractivity contribution is 7.89. The van der Waals surface area contributed by atoms with Crippen LogP contribution in [0.5, 0.6) is 11.5 Å². The van der Waals surface area contributed by atoms with E-state index in [1.165, 1.54) is 25.3 Å². The second kappa shape index (κ2) is 8.32.